The van der Waals surface area contributed by atoms with Crippen molar-refractivity contribution in [1.82, 2.24) is 5.32 Å². The third-order valence-electron chi connectivity index (χ3n) is 4.34. The van der Waals surface area contributed by atoms with Crippen LogP contribution in [0.15, 0.2) is 24.3 Å². The van der Waals surface area contributed by atoms with Crippen LogP contribution in [0.2, 0.25) is 0 Å². The van der Waals surface area contributed by atoms with Gasteiger partial charge in [0.15, 0.2) is 0 Å². The minimum absolute atomic E-state index is 0.0154. The second kappa shape index (κ2) is 4.85. The summed E-state index contributed by atoms with van der Waals surface area (Å²) in [6.45, 7) is 3.79. The molecule has 0 aromatic heterocycles. The number of fused-ring (bicyclic) bond motifs is 1. The number of nitrogens with two attached hydrogens (primary N) is 1. The van der Waals surface area contributed by atoms with Crippen molar-refractivity contribution in [2.24, 2.45) is 11.7 Å². The lowest BCUT2D eigenvalue weighted by Crippen LogP contribution is -2.46. The Hall–Kier alpha value is -1.55. The number of carbonyl (C=O) groups is 1. The van der Waals surface area contributed by atoms with Crippen molar-refractivity contribution in [3.8, 4) is 0 Å². The van der Waals surface area contributed by atoms with Crippen LogP contribution in [-0.4, -0.2) is 25.0 Å². The minimum Gasteiger partial charge on any atom is -0.366 e. The molecule has 4 nitrogen and oxygen atoms in total. The lowest BCUT2D eigenvalue weighted by atomic mass is 9.90. The topological polar surface area (TPSA) is 58.4 Å². The summed E-state index contributed by atoms with van der Waals surface area (Å²) in [5, 5.41) is 3.00. The van der Waals surface area contributed by atoms with Crippen LogP contribution in [0.25, 0.3) is 0 Å². The number of anilines is 1. The van der Waals surface area contributed by atoms with Gasteiger partial charge >= 0.3 is 0 Å². The maximum absolute atomic E-state index is 11.8. The van der Waals surface area contributed by atoms with E-state index >= 15 is 0 Å². The Morgan fingerprint density at radius 1 is 1.42 bits per heavy atom. The van der Waals surface area contributed by atoms with Gasteiger partial charge in [0.1, 0.15) is 0 Å². The molecule has 19 heavy (non-hydrogen) atoms. The second-order valence-corrected chi connectivity index (χ2v) is 5.60. The van der Waals surface area contributed by atoms with E-state index in [-0.39, 0.29) is 17.9 Å². The molecule has 102 valence electrons. The Labute approximate surface area is 114 Å². The molecule has 1 aromatic carbocycles. The molecule has 3 rings (SSSR count). The number of rotatable bonds is 2. The van der Waals surface area contributed by atoms with Gasteiger partial charge in [-0.3, -0.25) is 4.79 Å². The summed E-state index contributed by atoms with van der Waals surface area (Å²) < 4.78 is 0. The summed E-state index contributed by atoms with van der Waals surface area (Å²) in [4.78, 5) is 14.2. The lowest BCUT2D eigenvalue weighted by Gasteiger charge is -2.39. The molecule has 2 aliphatic rings. The van der Waals surface area contributed by atoms with Gasteiger partial charge < -0.3 is 16.0 Å². The number of hydrogen-bond donors (Lipinski definition) is 2. The number of piperidine rings is 1. The molecule has 0 bridgehead atoms. The molecular formula is C15H21N3O. The fourth-order valence-electron chi connectivity index (χ4n) is 3.38. The quantitative estimate of drug-likeness (QED) is 0.844. The highest BCUT2D eigenvalue weighted by Gasteiger charge is 2.41. The predicted molar refractivity (Wildman–Crippen MR) is 75.9 cm³/mol. The predicted octanol–water partition coefficient (Wildman–Crippen LogP) is 1.42. The first-order valence-corrected chi connectivity index (χ1v) is 7.07. The molecule has 2 heterocycles. The van der Waals surface area contributed by atoms with Crippen molar-refractivity contribution in [2.75, 3.05) is 18.0 Å². The summed E-state index contributed by atoms with van der Waals surface area (Å²) in [6.07, 6.45) is 2.08. The molecule has 2 unspecified atom stereocenters. The van der Waals surface area contributed by atoms with Crippen molar-refractivity contribution in [1.29, 1.82) is 0 Å². The summed E-state index contributed by atoms with van der Waals surface area (Å²) in [5.74, 6) is 0.364. The number of para-hydroxylation sites is 1. The third kappa shape index (κ3) is 2.10. The van der Waals surface area contributed by atoms with E-state index < -0.39 is 0 Å². The van der Waals surface area contributed by atoms with Crippen LogP contribution in [0.3, 0.4) is 0 Å². The molecule has 0 saturated carbocycles. The third-order valence-corrected chi connectivity index (χ3v) is 4.34. The second-order valence-electron chi connectivity index (χ2n) is 5.60. The number of amides is 1. The molecule has 0 aliphatic carbocycles. The first-order chi connectivity index (χ1) is 9.18. The maximum atomic E-state index is 11.8. The van der Waals surface area contributed by atoms with Crippen molar-refractivity contribution in [2.45, 2.75) is 31.8 Å². The van der Waals surface area contributed by atoms with E-state index in [0.29, 0.717) is 6.04 Å². The van der Waals surface area contributed by atoms with Crippen LogP contribution in [0.4, 0.5) is 5.69 Å². The van der Waals surface area contributed by atoms with Gasteiger partial charge in [-0.25, -0.2) is 0 Å². The molecule has 2 fully saturated rings. The first-order valence-electron chi connectivity index (χ1n) is 7.07. The highest BCUT2D eigenvalue weighted by Crippen LogP contribution is 2.34. The standard InChI is InChI=1S/C15H21N3O/c1-10(16)11-5-2-3-7-13(11)18-8-4-6-12-14(18)9-17-15(12)19/h2-3,5,7,10,12,14H,4,6,8-9,16H2,1H3,(H,17,19)/t10-,12?,14?/m1/s1. The molecule has 3 N–H and O–H groups in total. The van der Waals surface area contributed by atoms with E-state index in [1.807, 2.05) is 13.0 Å². The van der Waals surface area contributed by atoms with Crippen LogP contribution in [0, 0.1) is 5.92 Å². The number of carbonyl (C=O) groups excluding carboxylic acids is 1. The minimum atomic E-state index is 0.0154. The molecular weight excluding hydrogens is 238 g/mol. The fraction of sp³-hybridized carbons (Fsp3) is 0.533. The molecule has 2 aliphatic heterocycles. The highest BCUT2D eigenvalue weighted by atomic mass is 16.2. The Balaban J connectivity index is 1.95. The van der Waals surface area contributed by atoms with Crippen molar-refractivity contribution in [3.63, 3.8) is 0 Å². The Bertz CT molecular complexity index is 486. The zero-order chi connectivity index (χ0) is 13.4. The van der Waals surface area contributed by atoms with E-state index in [9.17, 15) is 4.79 Å². The van der Waals surface area contributed by atoms with Gasteiger partial charge in [-0.05, 0) is 31.4 Å². The molecule has 0 spiro atoms. The largest absolute Gasteiger partial charge is 0.366 e. The van der Waals surface area contributed by atoms with Gasteiger partial charge in [0.05, 0.1) is 12.0 Å². The smallest absolute Gasteiger partial charge is 0.225 e. The van der Waals surface area contributed by atoms with E-state index in [1.54, 1.807) is 0 Å². The molecule has 4 heteroatoms. The van der Waals surface area contributed by atoms with E-state index in [1.165, 1.54) is 11.3 Å². The van der Waals surface area contributed by atoms with Crippen LogP contribution in [0.5, 0.6) is 0 Å². The van der Waals surface area contributed by atoms with E-state index in [2.05, 4.69) is 28.4 Å². The summed E-state index contributed by atoms with van der Waals surface area (Å²) in [5.41, 5.74) is 8.44. The van der Waals surface area contributed by atoms with E-state index in [0.717, 1.165) is 25.9 Å². The van der Waals surface area contributed by atoms with Crippen molar-refractivity contribution < 1.29 is 4.79 Å². The average Bonchev–Trinajstić information content (AvgIpc) is 2.81. The number of nitrogens with one attached hydrogen (secondary N) is 1. The van der Waals surface area contributed by atoms with Crippen LogP contribution < -0.4 is 16.0 Å². The van der Waals surface area contributed by atoms with Gasteiger partial charge in [0.2, 0.25) is 5.91 Å². The van der Waals surface area contributed by atoms with Gasteiger partial charge in [-0.15, -0.1) is 0 Å². The number of nitrogens with zero attached hydrogens (tertiary/aromatic N) is 1. The zero-order valence-corrected chi connectivity index (χ0v) is 11.3. The summed E-state index contributed by atoms with van der Waals surface area (Å²) in [7, 11) is 0. The molecule has 1 amide bonds. The molecule has 1 aromatic rings. The highest BCUT2D eigenvalue weighted by molar-refractivity contribution is 5.83. The van der Waals surface area contributed by atoms with Gasteiger partial charge in [0, 0.05) is 24.8 Å². The molecule has 2 saturated heterocycles. The number of hydrogen-bond acceptors (Lipinski definition) is 3. The number of benzene rings is 1. The summed E-state index contributed by atoms with van der Waals surface area (Å²) in [6, 6.07) is 8.61. The first kappa shape index (κ1) is 12.5. The Morgan fingerprint density at radius 2 is 2.21 bits per heavy atom. The van der Waals surface area contributed by atoms with Gasteiger partial charge in [0.25, 0.3) is 0 Å². The SMILES string of the molecule is C[C@@H](N)c1ccccc1N1CCCC2C(=O)NCC21. The summed E-state index contributed by atoms with van der Waals surface area (Å²) >= 11 is 0. The average molecular weight is 259 g/mol. The van der Waals surface area contributed by atoms with Crippen molar-refractivity contribution >= 4 is 11.6 Å². The lowest BCUT2D eigenvalue weighted by molar-refractivity contribution is -0.122. The van der Waals surface area contributed by atoms with E-state index in [4.69, 9.17) is 5.73 Å². The molecule has 0 radical (unpaired) electrons. The maximum Gasteiger partial charge on any atom is 0.225 e. The van der Waals surface area contributed by atoms with Crippen molar-refractivity contribution in [3.05, 3.63) is 29.8 Å². The Morgan fingerprint density at radius 3 is 3.00 bits per heavy atom. The zero-order valence-electron chi connectivity index (χ0n) is 11.3. The van der Waals surface area contributed by atoms with Crippen LogP contribution in [-0.2, 0) is 4.79 Å². The Kier molecular flexibility index (Phi) is 3.19. The van der Waals surface area contributed by atoms with Crippen LogP contribution in [0.1, 0.15) is 31.4 Å². The fourth-order valence-corrected chi connectivity index (χ4v) is 3.38. The normalized spacial score (nSPS) is 27.9. The van der Waals surface area contributed by atoms with Crippen LogP contribution >= 0.6 is 0 Å². The van der Waals surface area contributed by atoms with Gasteiger partial charge in [-0.2, -0.15) is 0 Å². The monoisotopic (exact) mass is 259 g/mol. The van der Waals surface area contributed by atoms with Gasteiger partial charge in [-0.1, -0.05) is 18.2 Å². The molecule has 3 atom stereocenters.